The number of amides is 3. The van der Waals surface area contributed by atoms with Gasteiger partial charge in [-0.25, -0.2) is 4.79 Å². The molecule has 0 atom stereocenters. The van der Waals surface area contributed by atoms with Crippen molar-refractivity contribution in [1.29, 1.82) is 0 Å². The van der Waals surface area contributed by atoms with Crippen molar-refractivity contribution >= 4 is 30.0 Å². The fraction of sp³-hybridized carbons (Fsp3) is 0.429. The lowest BCUT2D eigenvalue weighted by atomic mass is 9.94. The molecule has 0 saturated heterocycles. The molecule has 0 spiro atoms. The van der Waals surface area contributed by atoms with Crippen LogP contribution in [0.3, 0.4) is 0 Å². The SMILES string of the molecule is CCC(N)(CC)CNC(=O)c1cccc(NC(N)=O)c1.Cl. The molecule has 0 radical (unpaired) electrons. The van der Waals surface area contributed by atoms with E-state index in [1.54, 1.807) is 24.3 Å². The van der Waals surface area contributed by atoms with Gasteiger partial charge in [-0.2, -0.15) is 0 Å². The summed E-state index contributed by atoms with van der Waals surface area (Å²) < 4.78 is 0. The maximum atomic E-state index is 12.1. The molecule has 0 bridgehead atoms. The quantitative estimate of drug-likeness (QED) is 0.643. The number of hydrogen-bond donors (Lipinski definition) is 4. The lowest BCUT2D eigenvalue weighted by Gasteiger charge is -2.26. The third-order valence-electron chi connectivity index (χ3n) is 3.40. The zero-order chi connectivity index (χ0) is 15.2. The molecule has 6 N–H and O–H groups in total. The van der Waals surface area contributed by atoms with Gasteiger partial charge in [-0.3, -0.25) is 4.79 Å². The summed E-state index contributed by atoms with van der Waals surface area (Å²) in [5, 5.41) is 5.24. The Balaban J connectivity index is 0.00000400. The average molecular weight is 315 g/mol. The Hall–Kier alpha value is -1.79. The van der Waals surface area contributed by atoms with E-state index in [1.165, 1.54) is 0 Å². The van der Waals surface area contributed by atoms with Gasteiger partial charge in [0.2, 0.25) is 0 Å². The number of benzene rings is 1. The summed E-state index contributed by atoms with van der Waals surface area (Å²) in [5.41, 5.74) is 11.7. The summed E-state index contributed by atoms with van der Waals surface area (Å²) in [7, 11) is 0. The van der Waals surface area contributed by atoms with Gasteiger partial charge in [0.1, 0.15) is 0 Å². The van der Waals surface area contributed by atoms with Gasteiger partial charge in [0, 0.05) is 23.3 Å². The second-order valence-electron chi connectivity index (χ2n) is 4.82. The molecule has 1 rings (SSSR count). The molecule has 3 amide bonds. The van der Waals surface area contributed by atoms with Gasteiger partial charge in [-0.15, -0.1) is 12.4 Å². The van der Waals surface area contributed by atoms with E-state index in [4.69, 9.17) is 11.5 Å². The van der Waals surface area contributed by atoms with Crippen LogP contribution < -0.4 is 22.1 Å². The molecule has 6 nitrogen and oxygen atoms in total. The van der Waals surface area contributed by atoms with Crippen LogP contribution in [0.2, 0.25) is 0 Å². The minimum absolute atomic E-state index is 0. The van der Waals surface area contributed by atoms with Crippen LogP contribution in [0.15, 0.2) is 24.3 Å². The van der Waals surface area contributed by atoms with Crippen molar-refractivity contribution in [3.05, 3.63) is 29.8 Å². The number of halogens is 1. The molecule has 0 aliphatic rings. The highest BCUT2D eigenvalue weighted by Gasteiger charge is 2.21. The summed E-state index contributed by atoms with van der Waals surface area (Å²) in [4.78, 5) is 22.8. The second-order valence-corrected chi connectivity index (χ2v) is 4.82. The highest BCUT2D eigenvalue weighted by molar-refractivity contribution is 5.96. The molecule has 0 fully saturated rings. The molecule has 118 valence electrons. The van der Waals surface area contributed by atoms with Crippen LogP contribution in [0.4, 0.5) is 10.5 Å². The molecule has 7 heteroatoms. The Bertz CT molecular complexity index is 490. The molecular formula is C14H23ClN4O2. The fourth-order valence-corrected chi connectivity index (χ4v) is 1.74. The largest absolute Gasteiger partial charge is 0.351 e. The number of primary amides is 1. The molecule has 0 unspecified atom stereocenters. The maximum absolute atomic E-state index is 12.1. The van der Waals surface area contributed by atoms with Crippen LogP contribution in [0.25, 0.3) is 0 Å². The van der Waals surface area contributed by atoms with Gasteiger partial charge in [-0.05, 0) is 31.0 Å². The third-order valence-corrected chi connectivity index (χ3v) is 3.40. The first-order valence-corrected chi connectivity index (χ1v) is 6.64. The minimum Gasteiger partial charge on any atom is -0.351 e. The summed E-state index contributed by atoms with van der Waals surface area (Å²) in [6.45, 7) is 4.40. The standard InChI is InChI=1S/C14H22N4O2.ClH/c1-3-14(16,4-2)9-17-12(19)10-6-5-7-11(8-10)18-13(15)20;/h5-8H,3-4,9,16H2,1-2H3,(H,17,19)(H3,15,18,20);1H. The van der Waals surface area contributed by atoms with E-state index in [-0.39, 0.29) is 18.3 Å². The molecule has 0 aliphatic carbocycles. The first-order valence-electron chi connectivity index (χ1n) is 6.64. The summed E-state index contributed by atoms with van der Waals surface area (Å²) >= 11 is 0. The van der Waals surface area contributed by atoms with Crippen molar-refractivity contribution in [2.24, 2.45) is 11.5 Å². The van der Waals surface area contributed by atoms with Crippen molar-refractivity contribution < 1.29 is 9.59 Å². The van der Waals surface area contributed by atoms with Crippen LogP contribution >= 0.6 is 12.4 Å². The molecule has 1 aromatic carbocycles. The van der Waals surface area contributed by atoms with E-state index < -0.39 is 11.6 Å². The van der Waals surface area contributed by atoms with Gasteiger partial charge in [0.15, 0.2) is 0 Å². The van der Waals surface area contributed by atoms with Crippen molar-refractivity contribution in [3.8, 4) is 0 Å². The van der Waals surface area contributed by atoms with Crippen molar-refractivity contribution in [2.75, 3.05) is 11.9 Å². The third kappa shape index (κ3) is 6.01. The van der Waals surface area contributed by atoms with E-state index >= 15 is 0 Å². The number of nitrogens with two attached hydrogens (primary N) is 2. The Morgan fingerprint density at radius 3 is 2.38 bits per heavy atom. The first kappa shape index (κ1) is 19.2. The topological polar surface area (TPSA) is 110 Å². The molecule has 0 aliphatic heterocycles. The molecule has 0 heterocycles. The van der Waals surface area contributed by atoms with Gasteiger partial charge < -0.3 is 22.1 Å². The fourth-order valence-electron chi connectivity index (χ4n) is 1.74. The van der Waals surface area contributed by atoms with Crippen molar-refractivity contribution in [2.45, 2.75) is 32.2 Å². The van der Waals surface area contributed by atoms with Crippen LogP contribution in [0.1, 0.15) is 37.0 Å². The molecule has 1 aromatic rings. The van der Waals surface area contributed by atoms with E-state index in [2.05, 4.69) is 10.6 Å². The Kier molecular flexibility index (Phi) is 7.76. The van der Waals surface area contributed by atoms with E-state index in [9.17, 15) is 9.59 Å². The molecular weight excluding hydrogens is 292 g/mol. The van der Waals surface area contributed by atoms with E-state index in [0.29, 0.717) is 17.8 Å². The normalized spacial score (nSPS) is 10.4. The Morgan fingerprint density at radius 1 is 1.24 bits per heavy atom. The lowest BCUT2D eigenvalue weighted by Crippen LogP contribution is -2.49. The average Bonchev–Trinajstić information content (AvgIpc) is 2.44. The molecule has 21 heavy (non-hydrogen) atoms. The van der Waals surface area contributed by atoms with Gasteiger partial charge >= 0.3 is 6.03 Å². The Morgan fingerprint density at radius 2 is 1.86 bits per heavy atom. The summed E-state index contributed by atoms with van der Waals surface area (Å²) in [6.07, 6.45) is 1.57. The van der Waals surface area contributed by atoms with Crippen LogP contribution in [0, 0.1) is 0 Å². The van der Waals surface area contributed by atoms with Gasteiger partial charge in [0.25, 0.3) is 5.91 Å². The van der Waals surface area contributed by atoms with Crippen molar-refractivity contribution in [3.63, 3.8) is 0 Å². The van der Waals surface area contributed by atoms with E-state index in [1.807, 2.05) is 13.8 Å². The molecule has 0 aromatic heterocycles. The van der Waals surface area contributed by atoms with Gasteiger partial charge in [-0.1, -0.05) is 19.9 Å². The van der Waals surface area contributed by atoms with Crippen LogP contribution in [0.5, 0.6) is 0 Å². The summed E-state index contributed by atoms with van der Waals surface area (Å²) in [5.74, 6) is -0.227. The number of carbonyl (C=O) groups is 2. The number of rotatable bonds is 6. The monoisotopic (exact) mass is 314 g/mol. The molecule has 0 saturated carbocycles. The first-order chi connectivity index (χ1) is 9.40. The number of carbonyl (C=O) groups excluding carboxylic acids is 2. The van der Waals surface area contributed by atoms with Gasteiger partial charge in [0.05, 0.1) is 0 Å². The zero-order valence-electron chi connectivity index (χ0n) is 12.3. The van der Waals surface area contributed by atoms with Crippen LogP contribution in [-0.2, 0) is 0 Å². The van der Waals surface area contributed by atoms with E-state index in [0.717, 1.165) is 12.8 Å². The predicted molar refractivity (Wildman–Crippen MR) is 86.7 cm³/mol. The summed E-state index contributed by atoms with van der Waals surface area (Å²) in [6, 6.07) is 5.90. The number of anilines is 1. The Labute approximate surface area is 131 Å². The maximum Gasteiger partial charge on any atom is 0.316 e. The number of urea groups is 1. The number of nitrogens with one attached hydrogen (secondary N) is 2. The van der Waals surface area contributed by atoms with Crippen molar-refractivity contribution in [1.82, 2.24) is 5.32 Å². The second kappa shape index (κ2) is 8.49. The highest BCUT2D eigenvalue weighted by Crippen LogP contribution is 2.12. The minimum atomic E-state index is -0.666. The lowest BCUT2D eigenvalue weighted by molar-refractivity contribution is 0.0942. The zero-order valence-corrected chi connectivity index (χ0v) is 13.1. The highest BCUT2D eigenvalue weighted by atomic mass is 35.5. The van der Waals surface area contributed by atoms with Crippen LogP contribution in [-0.4, -0.2) is 24.0 Å². The smallest absolute Gasteiger partial charge is 0.316 e. The predicted octanol–water partition coefficient (Wildman–Crippen LogP) is 1.85. The number of hydrogen-bond acceptors (Lipinski definition) is 3.